The molecule has 1 aromatic carbocycles. The van der Waals surface area contributed by atoms with Gasteiger partial charge in [0.1, 0.15) is 0 Å². The van der Waals surface area contributed by atoms with Crippen molar-refractivity contribution in [3.63, 3.8) is 0 Å². The van der Waals surface area contributed by atoms with Crippen molar-refractivity contribution in [3.05, 3.63) is 41.6 Å². The van der Waals surface area contributed by atoms with Crippen LogP contribution in [0.2, 0.25) is 0 Å². The zero-order chi connectivity index (χ0) is 20.2. The van der Waals surface area contributed by atoms with Crippen molar-refractivity contribution in [2.75, 3.05) is 19.6 Å². The summed E-state index contributed by atoms with van der Waals surface area (Å²) in [4.78, 5) is 13.9. The van der Waals surface area contributed by atoms with Gasteiger partial charge in [0.15, 0.2) is 0 Å². The average Bonchev–Trinajstić information content (AvgIpc) is 3.30. The van der Waals surface area contributed by atoms with Crippen LogP contribution in [0.1, 0.15) is 62.5 Å². The van der Waals surface area contributed by atoms with Gasteiger partial charge in [-0.25, -0.2) is 0 Å². The van der Waals surface area contributed by atoms with Crippen molar-refractivity contribution >= 4 is 5.91 Å². The molecule has 1 aliphatic heterocycles. The van der Waals surface area contributed by atoms with Gasteiger partial charge in [-0.05, 0) is 37.2 Å². The third kappa shape index (κ3) is 4.72. The first-order valence-corrected chi connectivity index (χ1v) is 11.3. The third-order valence-electron chi connectivity index (χ3n) is 6.59. The highest BCUT2D eigenvalue weighted by Gasteiger charge is 2.27. The van der Waals surface area contributed by atoms with Gasteiger partial charge in [0.05, 0.1) is 5.69 Å². The number of aromatic nitrogens is 2. The Morgan fingerprint density at radius 2 is 1.90 bits per heavy atom. The number of amides is 1. The molecule has 1 saturated carbocycles. The molecule has 0 spiro atoms. The van der Waals surface area contributed by atoms with Gasteiger partial charge in [0, 0.05) is 57.0 Å². The van der Waals surface area contributed by atoms with Crippen LogP contribution in [0.5, 0.6) is 0 Å². The molecule has 2 aromatic rings. The van der Waals surface area contributed by atoms with E-state index in [4.69, 9.17) is 5.10 Å². The van der Waals surface area contributed by atoms with E-state index in [2.05, 4.69) is 42.7 Å². The molecule has 2 heterocycles. The smallest absolute Gasteiger partial charge is 0.222 e. The number of benzene rings is 1. The van der Waals surface area contributed by atoms with Gasteiger partial charge < -0.3 is 10.2 Å². The van der Waals surface area contributed by atoms with Gasteiger partial charge >= 0.3 is 0 Å². The number of nitrogens with one attached hydrogen (secondary N) is 1. The van der Waals surface area contributed by atoms with Crippen LogP contribution in [-0.2, 0) is 18.4 Å². The fraction of sp³-hybridized carbons (Fsp3) is 0.583. The third-order valence-corrected chi connectivity index (χ3v) is 6.59. The Morgan fingerprint density at radius 1 is 1.14 bits per heavy atom. The molecule has 1 aromatic heterocycles. The monoisotopic (exact) mass is 394 g/mol. The Balaban J connectivity index is 1.38. The number of aryl methyl sites for hydroxylation is 1. The summed E-state index contributed by atoms with van der Waals surface area (Å²) in [7, 11) is 1.98. The largest absolute Gasteiger partial charge is 0.343 e. The second-order valence-electron chi connectivity index (χ2n) is 8.77. The van der Waals surface area contributed by atoms with Crippen molar-refractivity contribution in [2.24, 2.45) is 13.0 Å². The van der Waals surface area contributed by atoms with Crippen molar-refractivity contribution in [1.29, 1.82) is 0 Å². The summed E-state index contributed by atoms with van der Waals surface area (Å²) in [6.07, 6.45) is 9.56. The van der Waals surface area contributed by atoms with Crippen LogP contribution in [0.3, 0.4) is 0 Å². The molecule has 1 amide bonds. The maximum absolute atomic E-state index is 11.9. The second kappa shape index (κ2) is 9.12. The summed E-state index contributed by atoms with van der Waals surface area (Å²) in [5, 5.41) is 8.29. The summed E-state index contributed by atoms with van der Waals surface area (Å²) in [5.41, 5.74) is 4.95. The number of likely N-dealkylation sites (tertiary alicyclic amines) is 1. The van der Waals surface area contributed by atoms with E-state index in [0.29, 0.717) is 18.2 Å². The normalized spacial score (nSPS) is 20.6. The van der Waals surface area contributed by atoms with Gasteiger partial charge in [0.25, 0.3) is 0 Å². The minimum absolute atomic E-state index is 0.291. The number of hydrogen-bond acceptors (Lipinski definition) is 3. The number of nitrogens with zero attached hydrogens (tertiary/aromatic N) is 3. The molecule has 1 saturated heterocycles. The molecule has 156 valence electrons. The highest BCUT2D eigenvalue weighted by Crippen LogP contribution is 2.33. The van der Waals surface area contributed by atoms with Crippen molar-refractivity contribution in [2.45, 2.75) is 57.9 Å². The van der Waals surface area contributed by atoms with E-state index in [1.807, 2.05) is 16.6 Å². The van der Waals surface area contributed by atoms with E-state index in [-0.39, 0.29) is 0 Å². The van der Waals surface area contributed by atoms with Gasteiger partial charge in [-0.2, -0.15) is 5.10 Å². The molecular formula is C24H34N4O. The molecule has 1 atom stereocenters. The lowest BCUT2D eigenvalue weighted by Crippen LogP contribution is -2.27. The number of hydrogen-bond donors (Lipinski definition) is 1. The van der Waals surface area contributed by atoms with Crippen LogP contribution in [-0.4, -0.2) is 40.2 Å². The molecule has 0 radical (unpaired) electrons. The highest BCUT2D eigenvalue weighted by atomic mass is 16.2. The van der Waals surface area contributed by atoms with E-state index in [1.165, 1.54) is 48.8 Å². The molecule has 29 heavy (non-hydrogen) atoms. The minimum Gasteiger partial charge on any atom is -0.343 e. The Morgan fingerprint density at radius 3 is 2.59 bits per heavy atom. The molecule has 5 nitrogen and oxygen atoms in total. The Hall–Kier alpha value is -2.14. The fourth-order valence-corrected chi connectivity index (χ4v) is 4.97. The van der Waals surface area contributed by atoms with E-state index in [0.717, 1.165) is 37.8 Å². The SMILES string of the molecule is CCN1CC(CNCc2cn(C)nc2-c2ccc(C3CCCCC3)cc2)CC1=O. The van der Waals surface area contributed by atoms with Crippen molar-refractivity contribution in [3.8, 4) is 11.3 Å². The molecule has 1 aliphatic carbocycles. The zero-order valence-corrected chi connectivity index (χ0v) is 17.9. The van der Waals surface area contributed by atoms with Crippen LogP contribution in [0.15, 0.2) is 30.5 Å². The van der Waals surface area contributed by atoms with Crippen LogP contribution >= 0.6 is 0 Å². The number of carbonyl (C=O) groups excluding carboxylic acids is 1. The summed E-state index contributed by atoms with van der Waals surface area (Å²) in [6.45, 7) is 5.40. The van der Waals surface area contributed by atoms with Crippen LogP contribution < -0.4 is 5.32 Å². The van der Waals surface area contributed by atoms with Crippen molar-refractivity contribution < 1.29 is 4.79 Å². The van der Waals surface area contributed by atoms with Crippen molar-refractivity contribution in [1.82, 2.24) is 20.0 Å². The summed E-state index contributed by atoms with van der Waals surface area (Å²) in [5.74, 6) is 1.44. The first-order chi connectivity index (χ1) is 14.1. The first-order valence-electron chi connectivity index (χ1n) is 11.3. The molecule has 0 bridgehead atoms. The maximum atomic E-state index is 11.9. The molecule has 2 fully saturated rings. The predicted molar refractivity (Wildman–Crippen MR) is 117 cm³/mol. The Labute approximate surface area is 174 Å². The lowest BCUT2D eigenvalue weighted by atomic mass is 9.84. The standard InChI is InChI=1S/C24H34N4O/c1-3-28-16-18(13-23(28)29)14-25-15-22-17-27(2)26-24(22)21-11-9-20(10-12-21)19-7-5-4-6-8-19/h9-12,17-19,25H,3-8,13-16H2,1-2H3. The van der Waals surface area contributed by atoms with E-state index >= 15 is 0 Å². The van der Waals surface area contributed by atoms with Crippen LogP contribution in [0.4, 0.5) is 0 Å². The first kappa shape index (κ1) is 20.1. The molecular weight excluding hydrogens is 360 g/mol. The number of rotatable bonds is 7. The molecule has 4 rings (SSSR count). The van der Waals surface area contributed by atoms with Crippen LogP contribution in [0, 0.1) is 5.92 Å². The Kier molecular flexibility index (Phi) is 6.34. The molecule has 2 aliphatic rings. The molecule has 1 unspecified atom stereocenters. The lowest BCUT2D eigenvalue weighted by molar-refractivity contribution is -0.127. The van der Waals surface area contributed by atoms with E-state index < -0.39 is 0 Å². The predicted octanol–water partition coefficient (Wildman–Crippen LogP) is 4.09. The maximum Gasteiger partial charge on any atom is 0.222 e. The second-order valence-corrected chi connectivity index (χ2v) is 8.77. The summed E-state index contributed by atoms with van der Waals surface area (Å²) in [6, 6.07) is 9.09. The van der Waals surface area contributed by atoms with Gasteiger partial charge in [-0.15, -0.1) is 0 Å². The minimum atomic E-state index is 0.291. The van der Waals surface area contributed by atoms with Gasteiger partial charge in [-0.3, -0.25) is 9.48 Å². The topological polar surface area (TPSA) is 50.2 Å². The average molecular weight is 395 g/mol. The van der Waals surface area contributed by atoms with Crippen LogP contribution in [0.25, 0.3) is 11.3 Å². The highest BCUT2D eigenvalue weighted by molar-refractivity contribution is 5.78. The van der Waals surface area contributed by atoms with E-state index in [9.17, 15) is 4.79 Å². The Bertz CT molecular complexity index is 820. The van der Waals surface area contributed by atoms with Gasteiger partial charge in [0.2, 0.25) is 5.91 Å². The summed E-state index contributed by atoms with van der Waals surface area (Å²) >= 11 is 0. The molecule has 5 heteroatoms. The zero-order valence-electron chi connectivity index (χ0n) is 17.9. The number of carbonyl (C=O) groups is 1. The van der Waals surface area contributed by atoms with Gasteiger partial charge in [-0.1, -0.05) is 43.5 Å². The summed E-state index contributed by atoms with van der Waals surface area (Å²) < 4.78 is 1.90. The fourth-order valence-electron chi connectivity index (χ4n) is 4.97. The van der Waals surface area contributed by atoms with E-state index in [1.54, 1.807) is 0 Å². The quantitative estimate of drug-likeness (QED) is 0.769. The molecule has 1 N–H and O–H groups in total. The lowest BCUT2D eigenvalue weighted by Gasteiger charge is -2.22.